The summed E-state index contributed by atoms with van der Waals surface area (Å²) in [6.07, 6.45) is -7.87. The number of rotatable bonds is 9. The number of nitrogens with two attached hydrogens (primary N) is 1. The van der Waals surface area contributed by atoms with E-state index in [1.165, 1.54) is 35.2 Å². The van der Waals surface area contributed by atoms with Gasteiger partial charge >= 0.3 is 6.36 Å². The number of likely N-dealkylation sites (tertiary alicyclic amines) is 1. The molecule has 1 aliphatic rings. The number of nitrogens with zero attached hydrogens (tertiary/aromatic N) is 1. The number of aliphatic hydroxyl groups is 1. The number of primary amides is 1. The van der Waals surface area contributed by atoms with Crippen LogP contribution in [0.4, 0.5) is 17.6 Å². The molecule has 3 atom stereocenters. The van der Waals surface area contributed by atoms with Crippen molar-refractivity contribution >= 4 is 11.8 Å². The van der Waals surface area contributed by atoms with E-state index in [1.807, 2.05) is 0 Å². The lowest BCUT2D eigenvalue weighted by atomic mass is 10.0. The Morgan fingerprint density at radius 3 is 2.42 bits per heavy atom. The van der Waals surface area contributed by atoms with E-state index in [9.17, 15) is 27.2 Å². The van der Waals surface area contributed by atoms with Crippen LogP contribution < -0.4 is 19.9 Å². The third kappa shape index (κ3) is 7.48. The summed E-state index contributed by atoms with van der Waals surface area (Å²) in [7, 11) is 0. The Morgan fingerprint density at radius 1 is 1.17 bits per heavy atom. The predicted molar refractivity (Wildman–Crippen MR) is 119 cm³/mol. The largest absolute Gasteiger partial charge is 0.573 e. The second kappa shape index (κ2) is 11.5. The molecule has 3 N–H and O–H groups in total. The van der Waals surface area contributed by atoms with Crippen molar-refractivity contribution in [3.8, 4) is 17.2 Å². The summed E-state index contributed by atoms with van der Waals surface area (Å²) in [6, 6.07) is 9.12. The average molecular weight is 514 g/mol. The number of carbonyl (C=O) groups is 2. The van der Waals surface area contributed by atoms with Gasteiger partial charge in [-0.15, -0.1) is 13.2 Å². The summed E-state index contributed by atoms with van der Waals surface area (Å²) in [5, 5.41) is 9.16. The molecule has 0 radical (unpaired) electrons. The van der Waals surface area contributed by atoms with E-state index in [0.29, 0.717) is 11.3 Å². The fourth-order valence-electron chi connectivity index (χ4n) is 3.65. The van der Waals surface area contributed by atoms with Gasteiger partial charge in [0.05, 0.1) is 25.1 Å². The number of carbonyl (C=O) groups excluding carboxylic acids is 2. The first-order chi connectivity index (χ1) is 16.9. The molecule has 12 heteroatoms. The smallest absolute Gasteiger partial charge is 0.488 e. The Kier molecular flexibility index (Phi) is 8.62. The van der Waals surface area contributed by atoms with Crippen LogP contribution in [-0.4, -0.2) is 66.3 Å². The zero-order chi connectivity index (χ0) is 26.5. The molecule has 0 aromatic heterocycles. The number of benzene rings is 2. The molecule has 2 aromatic carbocycles. The number of aliphatic hydroxyl groups excluding tert-OH is 1. The molecule has 8 nitrogen and oxygen atoms in total. The summed E-state index contributed by atoms with van der Waals surface area (Å²) in [6.45, 7) is 1.31. The van der Waals surface area contributed by atoms with Crippen molar-refractivity contribution in [3.05, 3.63) is 53.6 Å². The molecule has 2 amide bonds. The molecule has 1 heterocycles. The van der Waals surface area contributed by atoms with Gasteiger partial charge in [0.15, 0.2) is 6.17 Å². The lowest BCUT2D eigenvalue weighted by Crippen LogP contribution is -2.49. The Balaban J connectivity index is 1.61. The van der Waals surface area contributed by atoms with E-state index < -0.39 is 42.3 Å². The molecule has 2 aromatic rings. The molecule has 1 saturated heterocycles. The van der Waals surface area contributed by atoms with Crippen LogP contribution in [-0.2, 0) is 11.2 Å². The van der Waals surface area contributed by atoms with Gasteiger partial charge in [0.1, 0.15) is 29.5 Å². The van der Waals surface area contributed by atoms with Crippen LogP contribution in [0, 0.1) is 0 Å². The van der Waals surface area contributed by atoms with Crippen molar-refractivity contribution in [2.75, 3.05) is 19.7 Å². The van der Waals surface area contributed by atoms with Crippen molar-refractivity contribution in [3.63, 3.8) is 0 Å². The highest BCUT2D eigenvalue weighted by Crippen LogP contribution is 2.29. The average Bonchev–Trinajstić information content (AvgIpc) is 2.80. The fourth-order valence-corrected chi connectivity index (χ4v) is 3.65. The summed E-state index contributed by atoms with van der Waals surface area (Å²) in [5.74, 6) is -1.26. The highest BCUT2D eigenvalue weighted by atomic mass is 19.4. The van der Waals surface area contributed by atoms with Gasteiger partial charge in [0, 0.05) is 19.0 Å². The maximum absolute atomic E-state index is 15.0. The molecule has 0 aliphatic carbocycles. The van der Waals surface area contributed by atoms with Crippen molar-refractivity contribution in [1.29, 1.82) is 0 Å². The van der Waals surface area contributed by atoms with Crippen molar-refractivity contribution in [1.82, 2.24) is 4.90 Å². The van der Waals surface area contributed by atoms with E-state index >= 15 is 0 Å². The Morgan fingerprint density at radius 2 is 1.83 bits per heavy atom. The first-order valence-corrected chi connectivity index (χ1v) is 11.1. The molecule has 1 aliphatic heterocycles. The number of piperidine rings is 1. The van der Waals surface area contributed by atoms with Crippen LogP contribution >= 0.6 is 0 Å². The number of hydrogen-bond acceptors (Lipinski definition) is 6. The van der Waals surface area contributed by atoms with Gasteiger partial charge in [-0.1, -0.05) is 12.1 Å². The Hall–Kier alpha value is -3.54. The number of halogens is 4. The minimum atomic E-state index is -4.82. The van der Waals surface area contributed by atoms with Gasteiger partial charge in [-0.25, -0.2) is 4.39 Å². The lowest BCUT2D eigenvalue weighted by molar-refractivity contribution is -0.274. The molecule has 0 saturated carbocycles. The number of hydrogen-bond donors (Lipinski definition) is 2. The SMILES string of the molecule is C[C@H](CO)Oc1ccc(C(N)=O)c(O[C@@H]2CCN(C(=O)Cc3ccc(OC(F)(F)F)cc3)C[C@H]2F)c1. The van der Waals surface area contributed by atoms with Gasteiger partial charge in [-0.3, -0.25) is 9.59 Å². The Bertz CT molecular complexity index is 1060. The molecule has 0 spiro atoms. The zero-order valence-electron chi connectivity index (χ0n) is 19.3. The third-order valence-corrected chi connectivity index (χ3v) is 5.44. The topological polar surface area (TPSA) is 111 Å². The van der Waals surface area contributed by atoms with Crippen molar-refractivity contribution in [2.45, 2.75) is 44.5 Å². The molecule has 196 valence electrons. The second-order valence-corrected chi connectivity index (χ2v) is 8.30. The number of ether oxygens (including phenoxy) is 3. The first kappa shape index (κ1) is 27.1. The summed E-state index contributed by atoms with van der Waals surface area (Å²) < 4.78 is 66.9. The monoisotopic (exact) mass is 514 g/mol. The van der Waals surface area contributed by atoms with Crippen molar-refractivity contribution < 1.29 is 46.5 Å². The lowest BCUT2D eigenvalue weighted by Gasteiger charge is -2.35. The van der Waals surface area contributed by atoms with Gasteiger partial charge in [0.25, 0.3) is 5.91 Å². The van der Waals surface area contributed by atoms with Crippen LogP contribution in [0.2, 0.25) is 0 Å². The van der Waals surface area contributed by atoms with Crippen LogP contribution in [0.5, 0.6) is 17.2 Å². The molecule has 1 fully saturated rings. The van der Waals surface area contributed by atoms with Crippen LogP contribution in [0.25, 0.3) is 0 Å². The maximum atomic E-state index is 15.0. The normalized spacial score (nSPS) is 18.9. The molecule has 36 heavy (non-hydrogen) atoms. The van der Waals surface area contributed by atoms with E-state index in [4.69, 9.17) is 20.3 Å². The van der Waals surface area contributed by atoms with Crippen LogP contribution in [0.15, 0.2) is 42.5 Å². The number of amides is 2. The minimum Gasteiger partial charge on any atom is -0.488 e. The third-order valence-electron chi connectivity index (χ3n) is 5.44. The highest BCUT2D eigenvalue weighted by Gasteiger charge is 2.34. The van der Waals surface area contributed by atoms with E-state index in [-0.39, 0.29) is 43.9 Å². The van der Waals surface area contributed by atoms with Gasteiger partial charge in [-0.2, -0.15) is 0 Å². The van der Waals surface area contributed by atoms with Crippen LogP contribution in [0.3, 0.4) is 0 Å². The fraction of sp³-hybridized carbons (Fsp3) is 0.417. The molecule has 0 unspecified atom stereocenters. The minimum absolute atomic E-state index is 0.0266. The molecule has 0 bridgehead atoms. The van der Waals surface area contributed by atoms with E-state index in [0.717, 1.165) is 12.1 Å². The number of alkyl halides is 4. The zero-order valence-corrected chi connectivity index (χ0v) is 19.3. The van der Waals surface area contributed by atoms with Crippen LogP contribution in [0.1, 0.15) is 29.3 Å². The first-order valence-electron chi connectivity index (χ1n) is 11.1. The standard InChI is InChI=1S/C24H26F4N2O6/c1-14(13-31)34-17-6-7-18(23(29)33)21(11-17)35-20-8-9-30(12-19(20)25)22(32)10-15-2-4-16(5-3-15)36-24(26,27)28/h2-7,11,14,19-20,31H,8-10,12-13H2,1H3,(H2,29,33)/t14-,19-,20-/m1/s1. The molecule has 3 rings (SSSR count). The summed E-state index contributed by atoms with van der Waals surface area (Å²) in [5.41, 5.74) is 5.87. The van der Waals surface area contributed by atoms with Gasteiger partial charge < -0.3 is 30.0 Å². The quantitative estimate of drug-likeness (QED) is 0.498. The predicted octanol–water partition coefficient (Wildman–Crippen LogP) is 3.00. The van der Waals surface area contributed by atoms with E-state index in [1.54, 1.807) is 6.92 Å². The molecular weight excluding hydrogens is 488 g/mol. The maximum Gasteiger partial charge on any atom is 0.573 e. The van der Waals surface area contributed by atoms with Crippen molar-refractivity contribution in [2.24, 2.45) is 5.73 Å². The summed E-state index contributed by atoms with van der Waals surface area (Å²) in [4.78, 5) is 25.7. The van der Waals surface area contributed by atoms with E-state index in [2.05, 4.69) is 4.74 Å². The Labute approximate surface area is 204 Å². The highest BCUT2D eigenvalue weighted by molar-refractivity contribution is 5.95. The molecular formula is C24H26F4N2O6. The van der Waals surface area contributed by atoms with Gasteiger partial charge in [0.2, 0.25) is 5.91 Å². The summed E-state index contributed by atoms with van der Waals surface area (Å²) >= 11 is 0. The van der Waals surface area contributed by atoms with Gasteiger partial charge in [-0.05, 0) is 36.8 Å². The second-order valence-electron chi connectivity index (χ2n) is 8.30.